The Balaban J connectivity index is 1.88. The summed E-state index contributed by atoms with van der Waals surface area (Å²) in [5.41, 5.74) is 2.59. The third-order valence-corrected chi connectivity index (χ3v) is 3.52. The van der Waals surface area contributed by atoms with Crippen molar-refractivity contribution in [3.63, 3.8) is 0 Å². The van der Waals surface area contributed by atoms with E-state index in [4.69, 9.17) is 0 Å². The normalized spacial score (nSPS) is 10.9. The Morgan fingerprint density at radius 1 is 0.889 bits per heavy atom. The summed E-state index contributed by atoms with van der Waals surface area (Å²) in [6, 6.07) is 10.7. The van der Waals surface area contributed by atoms with Gasteiger partial charge in [0.15, 0.2) is 0 Å². The molecule has 0 saturated heterocycles. The Hall–Kier alpha value is -1.37. The second-order valence-corrected chi connectivity index (χ2v) is 5.01. The highest BCUT2D eigenvalue weighted by molar-refractivity contribution is 5.81. The topological polar surface area (TPSA) is 12.9 Å². The molecule has 0 fully saturated rings. The Kier molecular flexibility index (Phi) is 5.19. The van der Waals surface area contributed by atoms with Gasteiger partial charge in [-0.2, -0.15) is 0 Å². The van der Waals surface area contributed by atoms with Gasteiger partial charge in [-0.05, 0) is 24.5 Å². The fraction of sp³-hybridized carbons (Fsp3) is 0.471. The molecule has 1 aromatic carbocycles. The highest BCUT2D eigenvalue weighted by atomic mass is 14.6. The van der Waals surface area contributed by atoms with Gasteiger partial charge in [-0.25, -0.2) is 0 Å². The first-order valence-electron chi connectivity index (χ1n) is 7.24. The van der Waals surface area contributed by atoms with Crippen molar-refractivity contribution in [1.82, 2.24) is 4.98 Å². The van der Waals surface area contributed by atoms with Gasteiger partial charge in [-0.3, -0.25) is 4.98 Å². The van der Waals surface area contributed by atoms with Crippen LogP contribution in [0.5, 0.6) is 0 Å². The second-order valence-electron chi connectivity index (χ2n) is 5.01. The predicted octanol–water partition coefficient (Wildman–Crippen LogP) is 5.14. The summed E-state index contributed by atoms with van der Waals surface area (Å²) in [5.74, 6) is 0. The van der Waals surface area contributed by atoms with Crippen LogP contribution in [0.2, 0.25) is 0 Å². The standard InChI is InChI=1S/C17H23N/c1-2-3-4-5-6-7-10-15-11-8-12-16-13-9-14-18-17(15)16/h8-9,11-14H,2-7,10H2,1H3. The molecular formula is C17H23N. The lowest BCUT2D eigenvalue weighted by Crippen LogP contribution is -1.90. The molecular weight excluding hydrogens is 218 g/mol. The highest BCUT2D eigenvalue weighted by Crippen LogP contribution is 2.18. The van der Waals surface area contributed by atoms with Crippen molar-refractivity contribution >= 4 is 10.9 Å². The number of rotatable bonds is 7. The molecule has 0 atom stereocenters. The number of hydrogen-bond donors (Lipinski definition) is 0. The van der Waals surface area contributed by atoms with E-state index in [0.717, 1.165) is 0 Å². The number of nitrogens with zero attached hydrogens (tertiary/aromatic N) is 1. The van der Waals surface area contributed by atoms with E-state index in [9.17, 15) is 0 Å². The Bertz CT molecular complexity index is 470. The summed E-state index contributed by atoms with van der Waals surface area (Å²) in [6.45, 7) is 2.27. The summed E-state index contributed by atoms with van der Waals surface area (Å²) < 4.78 is 0. The maximum absolute atomic E-state index is 4.51. The van der Waals surface area contributed by atoms with Crippen molar-refractivity contribution in [3.8, 4) is 0 Å². The molecule has 0 aliphatic heterocycles. The van der Waals surface area contributed by atoms with Gasteiger partial charge < -0.3 is 0 Å². The molecule has 1 heterocycles. The molecule has 18 heavy (non-hydrogen) atoms. The summed E-state index contributed by atoms with van der Waals surface area (Å²) in [5, 5.41) is 1.26. The number of hydrogen-bond acceptors (Lipinski definition) is 1. The van der Waals surface area contributed by atoms with Crippen molar-refractivity contribution in [1.29, 1.82) is 0 Å². The van der Waals surface area contributed by atoms with Crippen LogP contribution in [0.25, 0.3) is 10.9 Å². The molecule has 2 aromatic rings. The van der Waals surface area contributed by atoms with Crippen molar-refractivity contribution in [2.45, 2.75) is 51.9 Å². The third kappa shape index (κ3) is 3.56. The number of fused-ring (bicyclic) bond motifs is 1. The number of aromatic nitrogens is 1. The third-order valence-electron chi connectivity index (χ3n) is 3.52. The lowest BCUT2D eigenvalue weighted by Gasteiger charge is -2.05. The highest BCUT2D eigenvalue weighted by Gasteiger charge is 2.01. The van der Waals surface area contributed by atoms with Gasteiger partial charge >= 0.3 is 0 Å². The molecule has 0 radical (unpaired) electrons. The van der Waals surface area contributed by atoms with Crippen molar-refractivity contribution in [3.05, 3.63) is 42.1 Å². The number of pyridine rings is 1. The molecule has 0 aliphatic carbocycles. The van der Waals surface area contributed by atoms with Gasteiger partial charge in [-0.1, -0.05) is 63.3 Å². The lowest BCUT2D eigenvalue weighted by molar-refractivity contribution is 0.608. The van der Waals surface area contributed by atoms with E-state index in [1.807, 2.05) is 12.3 Å². The number of para-hydroxylation sites is 1. The van der Waals surface area contributed by atoms with Crippen molar-refractivity contribution in [2.24, 2.45) is 0 Å². The zero-order chi connectivity index (χ0) is 12.6. The van der Waals surface area contributed by atoms with Crippen LogP contribution in [0.4, 0.5) is 0 Å². The van der Waals surface area contributed by atoms with Gasteiger partial charge in [0.05, 0.1) is 5.52 Å². The molecule has 2 rings (SSSR count). The molecule has 1 nitrogen and oxygen atoms in total. The lowest BCUT2D eigenvalue weighted by atomic mass is 10.0. The average molecular weight is 241 g/mol. The van der Waals surface area contributed by atoms with E-state index in [-0.39, 0.29) is 0 Å². The van der Waals surface area contributed by atoms with E-state index in [2.05, 4.69) is 36.2 Å². The van der Waals surface area contributed by atoms with Crippen molar-refractivity contribution in [2.75, 3.05) is 0 Å². The Labute approximate surface area is 110 Å². The van der Waals surface area contributed by atoms with Crippen LogP contribution in [0.1, 0.15) is 51.0 Å². The van der Waals surface area contributed by atoms with E-state index < -0.39 is 0 Å². The summed E-state index contributed by atoms with van der Waals surface area (Å²) in [7, 11) is 0. The minimum absolute atomic E-state index is 1.17. The van der Waals surface area contributed by atoms with Crippen LogP contribution >= 0.6 is 0 Å². The largest absolute Gasteiger partial charge is 0.256 e. The number of unbranched alkanes of at least 4 members (excludes halogenated alkanes) is 5. The minimum Gasteiger partial charge on any atom is -0.256 e. The van der Waals surface area contributed by atoms with E-state index in [1.165, 1.54) is 61.4 Å². The quantitative estimate of drug-likeness (QED) is 0.612. The van der Waals surface area contributed by atoms with Crippen LogP contribution < -0.4 is 0 Å². The summed E-state index contributed by atoms with van der Waals surface area (Å²) in [6.07, 6.45) is 11.2. The molecule has 0 N–H and O–H groups in total. The van der Waals surface area contributed by atoms with Crippen LogP contribution in [0.3, 0.4) is 0 Å². The number of aryl methyl sites for hydroxylation is 1. The van der Waals surface area contributed by atoms with Gasteiger partial charge in [-0.15, -0.1) is 0 Å². The second kappa shape index (κ2) is 7.15. The molecule has 0 unspecified atom stereocenters. The van der Waals surface area contributed by atoms with Crippen LogP contribution in [0, 0.1) is 0 Å². The van der Waals surface area contributed by atoms with Crippen molar-refractivity contribution < 1.29 is 0 Å². The maximum atomic E-state index is 4.51. The minimum atomic E-state index is 1.17. The molecule has 96 valence electrons. The molecule has 1 heteroatoms. The van der Waals surface area contributed by atoms with Crippen LogP contribution in [-0.4, -0.2) is 4.98 Å². The van der Waals surface area contributed by atoms with E-state index in [1.54, 1.807) is 0 Å². The monoisotopic (exact) mass is 241 g/mol. The maximum Gasteiger partial charge on any atom is 0.0733 e. The first-order chi connectivity index (χ1) is 8.92. The fourth-order valence-electron chi connectivity index (χ4n) is 2.46. The molecule has 0 spiro atoms. The van der Waals surface area contributed by atoms with E-state index >= 15 is 0 Å². The predicted molar refractivity (Wildman–Crippen MR) is 78.8 cm³/mol. The van der Waals surface area contributed by atoms with Gasteiger partial charge in [0, 0.05) is 11.6 Å². The first-order valence-corrected chi connectivity index (χ1v) is 7.24. The van der Waals surface area contributed by atoms with E-state index in [0.29, 0.717) is 0 Å². The van der Waals surface area contributed by atoms with Gasteiger partial charge in [0.25, 0.3) is 0 Å². The van der Waals surface area contributed by atoms with Crippen LogP contribution in [-0.2, 0) is 6.42 Å². The zero-order valence-electron chi connectivity index (χ0n) is 11.4. The Morgan fingerprint density at radius 2 is 1.67 bits per heavy atom. The summed E-state index contributed by atoms with van der Waals surface area (Å²) >= 11 is 0. The molecule has 0 saturated carbocycles. The van der Waals surface area contributed by atoms with Crippen LogP contribution in [0.15, 0.2) is 36.5 Å². The smallest absolute Gasteiger partial charge is 0.0733 e. The average Bonchev–Trinajstić information content (AvgIpc) is 2.43. The Morgan fingerprint density at radius 3 is 2.56 bits per heavy atom. The molecule has 1 aromatic heterocycles. The molecule has 0 amide bonds. The SMILES string of the molecule is CCCCCCCCc1cccc2cccnc12. The van der Waals surface area contributed by atoms with Gasteiger partial charge in [0.2, 0.25) is 0 Å². The summed E-state index contributed by atoms with van der Waals surface area (Å²) in [4.78, 5) is 4.51. The fourth-order valence-corrected chi connectivity index (χ4v) is 2.46. The first kappa shape index (κ1) is 13.1. The molecule has 0 aliphatic rings. The zero-order valence-corrected chi connectivity index (χ0v) is 11.4. The molecule has 0 bridgehead atoms. The van der Waals surface area contributed by atoms with Gasteiger partial charge in [0.1, 0.15) is 0 Å². The number of benzene rings is 1.